The number of aromatic nitrogens is 1. The van der Waals surface area contributed by atoms with E-state index in [1.807, 2.05) is 0 Å². The predicted octanol–water partition coefficient (Wildman–Crippen LogP) is 3.89. The van der Waals surface area contributed by atoms with Crippen LogP contribution in [-0.4, -0.2) is 54.3 Å². The highest BCUT2D eigenvalue weighted by atomic mass is 32.1. The van der Waals surface area contributed by atoms with E-state index in [-0.39, 0.29) is 39.3 Å². The Hall–Kier alpha value is -4.17. The average Bonchev–Trinajstić information content (AvgIpc) is 3.32. The smallest absolute Gasteiger partial charge is 0.493 e. The van der Waals surface area contributed by atoms with Crippen LogP contribution in [0.4, 0.5) is 18.3 Å². The third-order valence-corrected chi connectivity index (χ3v) is 7.03. The quantitative estimate of drug-likeness (QED) is 0.404. The summed E-state index contributed by atoms with van der Waals surface area (Å²) in [6.07, 6.45) is -3.14. The molecule has 40 heavy (non-hydrogen) atoms. The number of nitrogens with one attached hydrogen (secondary N) is 1. The monoisotopic (exact) mass is 578 g/mol. The molecular weight excluding hydrogens is 553 g/mol. The molecule has 1 aliphatic carbocycles. The number of alkyl halides is 3. The SMILES string of the molecule is COc1ccc(C(=O)N(Cc2cccc(C(=O)Nc3nc4c(s3)C[C@H](N)CC4)c2)OC(=O)C(F)(F)F)cc1OC. The number of thiazole rings is 1. The molecule has 4 rings (SSSR count). The van der Waals surface area contributed by atoms with Crippen LogP contribution < -0.4 is 20.5 Å². The number of ether oxygens (including phenoxy) is 2. The van der Waals surface area contributed by atoms with E-state index in [2.05, 4.69) is 15.1 Å². The highest BCUT2D eigenvalue weighted by molar-refractivity contribution is 7.15. The summed E-state index contributed by atoms with van der Waals surface area (Å²) in [5.74, 6) is -3.73. The number of fused-ring (bicyclic) bond motifs is 1. The van der Waals surface area contributed by atoms with Gasteiger partial charge in [-0.1, -0.05) is 12.1 Å². The Bertz CT molecular complexity index is 1430. The lowest BCUT2D eigenvalue weighted by Crippen LogP contribution is -2.38. The Kier molecular flexibility index (Phi) is 8.59. The predicted molar refractivity (Wildman–Crippen MR) is 138 cm³/mol. The Labute approximate surface area is 230 Å². The maximum absolute atomic E-state index is 13.1. The molecular formula is C26H25F3N4O6S. The normalized spacial score (nSPS) is 14.6. The number of amides is 2. The summed E-state index contributed by atoms with van der Waals surface area (Å²) in [6.45, 7) is -0.584. The van der Waals surface area contributed by atoms with Gasteiger partial charge in [0.2, 0.25) is 0 Å². The van der Waals surface area contributed by atoms with Crippen molar-refractivity contribution in [3.63, 3.8) is 0 Å². The Balaban J connectivity index is 1.55. The van der Waals surface area contributed by atoms with Crippen molar-refractivity contribution in [1.82, 2.24) is 10.0 Å². The molecule has 0 saturated heterocycles. The molecule has 212 valence electrons. The molecule has 0 bridgehead atoms. The highest BCUT2D eigenvalue weighted by Crippen LogP contribution is 2.30. The van der Waals surface area contributed by atoms with Gasteiger partial charge in [-0.15, -0.1) is 11.3 Å². The molecule has 0 fully saturated rings. The minimum absolute atomic E-state index is 0.0456. The van der Waals surface area contributed by atoms with Crippen molar-refractivity contribution in [2.75, 3.05) is 19.5 Å². The molecule has 2 aromatic carbocycles. The minimum Gasteiger partial charge on any atom is -0.493 e. The van der Waals surface area contributed by atoms with E-state index in [0.29, 0.717) is 11.6 Å². The van der Waals surface area contributed by atoms with Gasteiger partial charge in [-0.3, -0.25) is 14.9 Å². The molecule has 3 N–H and O–H groups in total. The van der Waals surface area contributed by atoms with E-state index in [0.717, 1.165) is 23.4 Å². The second-order valence-electron chi connectivity index (χ2n) is 8.83. The second kappa shape index (κ2) is 11.9. The minimum atomic E-state index is -5.35. The van der Waals surface area contributed by atoms with Gasteiger partial charge < -0.3 is 20.0 Å². The zero-order valence-electron chi connectivity index (χ0n) is 21.4. The van der Waals surface area contributed by atoms with Crippen molar-refractivity contribution >= 4 is 34.3 Å². The van der Waals surface area contributed by atoms with Crippen molar-refractivity contribution in [3.8, 4) is 11.5 Å². The third-order valence-electron chi connectivity index (χ3n) is 6.00. The summed E-state index contributed by atoms with van der Waals surface area (Å²) >= 11 is 1.33. The van der Waals surface area contributed by atoms with E-state index in [1.165, 1.54) is 68.0 Å². The number of aryl methyl sites for hydroxylation is 1. The molecule has 1 atom stereocenters. The average molecular weight is 579 g/mol. The largest absolute Gasteiger partial charge is 0.493 e. The van der Waals surface area contributed by atoms with Gasteiger partial charge >= 0.3 is 12.1 Å². The fourth-order valence-corrected chi connectivity index (χ4v) is 5.11. The van der Waals surface area contributed by atoms with E-state index in [4.69, 9.17) is 15.2 Å². The van der Waals surface area contributed by atoms with Crippen LogP contribution in [-0.2, 0) is 29.0 Å². The number of anilines is 1. The van der Waals surface area contributed by atoms with Gasteiger partial charge in [0.25, 0.3) is 11.8 Å². The van der Waals surface area contributed by atoms with Crippen molar-refractivity contribution in [1.29, 1.82) is 0 Å². The molecule has 0 aliphatic heterocycles. The van der Waals surface area contributed by atoms with Crippen LogP contribution in [0.2, 0.25) is 0 Å². The van der Waals surface area contributed by atoms with E-state index < -0.39 is 30.5 Å². The van der Waals surface area contributed by atoms with Crippen LogP contribution in [0.1, 0.15) is 43.3 Å². The zero-order chi connectivity index (χ0) is 29.0. The first-order valence-electron chi connectivity index (χ1n) is 12.0. The second-order valence-corrected chi connectivity index (χ2v) is 9.92. The molecule has 14 heteroatoms. The lowest BCUT2D eigenvalue weighted by molar-refractivity contribution is -0.230. The van der Waals surface area contributed by atoms with Gasteiger partial charge in [-0.2, -0.15) is 18.2 Å². The van der Waals surface area contributed by atoms with Crippen LogP contribution in [0.3, 0.4) is 0 Å². The number of nitrogens with zero attached hydrogens (tertiary/aromatic N) is 2. The molecule has 1 heterocycles. The zero-order valence-corrected chi connectivity index (χ0v) is 22.2. The number of hydrogen-bond donors (Lipinski definition) is 2. The number of carbonyl (C=O) groups excluding carboxylic acids is 3. The van der Waals surface area contributed by atoms with Gasteiger partial charge in [0, 0.05) is 22.0 Å². The molecule has 0 spiro atoms. The lowest BCUT2D eigenvalue weighted by Gasteiger charge is -2.22. The van der Waals surface area contributed by atoms with Crippen LogP contribution in [0.5, 0.6) is 11.5 Å². The first-order chi connectivity index (χ1) is 19.0. The van der Waals surface area contributed by atoms with Crippen LogP contribution in [0.15, 0.2) is 42.5 Å². The standard InChI is InChI=1S/C26H25F3N4O6S/c1-37-19-9-6-16(11-20(19)38-2)23(35)33(39-24(36)26(27,28)29)13-14-4-3-5-15(10-14)22(34)32-25-31-18-8-7-17(30)12-21(18)40-25/h3-6,9-11,17H,7-8,12-13,30H2,1-2H3,(H,31,32,34)/t17-/m1/s1. The number of nitrogens with two attached hydrogens (primary N) is 1. The van der Waals surface area contributed by atoms with Crippen molar-refractivity contribution in [2.45, 2.75) is 38.0 Å². The van der Waals surface area contributed by atoms with Crippen molar-refractivity contribution in [3.05, 3.63) is 69.7 Å². The number of methoxy groups -OCH3 is 2. The van der Waals surface area contributed by atoms with Crippen LogP contribution >= 0.6 is 11.3 Å². The highest BCUT2D eigenvalue weighted by Gasteiger charge is 2.43. The molecule has 2 amide bonds. The lowest BCUT2D eigenvalue weighted by atomic mass is 9.99. The summed E-state index contributed by atoms with van der Waals surface area (Å²) in [4.78, 5) is 47.6. The fourth-order valence-electron chi connectivity index (χ4n) is 4.01. The van der Waals surface area contributed by atoms with Gasteiger partial charge in [0.15, 0.2) is 16.6 Å². The van der Waals surface area contributed by atoms with E-state index in [1.54, 1.807) is 0 Å². The summed E-state index contributed by atoms with van der Waals surface area (Å²) in [6, 6.07) is 9.76. The maximum Gasteiger partial charge on any atom is 0.493 e. The number of carbonyl (C=O) groups is 3. The van der Waals surface area contributed by atoms with Crippen molar-refractivity contribution in [2.24, 2.45) is 5.73 Å². The number of hydrogen-bond acceptors (Lipinski definition) is 9. The van der Waals surface area contributed by atoms with E-state index in [9.17, 15) is 27.6 Å². The summed E-state index contributed by atoms with van der Waals surface area (Å²) in [5, 5.41) is 3.39. The number of halogens is 3. The fraction of sp³-hybridized carbons (Fsp3) is 0.308. The number of hydroxylamine groups is 2. The Morgan fingerprint density at radius 2 is 1.85 bits per heavy atom. The number of rotatable bonds is 7. The molecule has 0 unspecified atom stereocenters. The first kappa shape index (κ1) is 28.8. The summed E-state index contributed by atoms with van der Waals surface area (Å²) in [7, 11) is 2.69. The third kappa shape index (κ3) is 6.69. The molecule has 1 aliphatic rings. The first-order valence-corrected chi connectivity index (χ1v) is 12.8. The topological polar surface area (TPSA) is 133 Å². The van der Waals surface area contributed by atoms with E-state index >= 15 is 0 Å². The molecule has 0 saturated carbocycles. The van der Waals surface area contributed by atoms with Gasteiger partial charge in [-0.25, -0.2) is 9.78 Å². The van der Waals surface area contributed by atoms with Crippen molar-refractivity contribution < 1.29 is 41.9 Å². The Morgan fingerprint density at radius 1 is 1.10 bits per heavy atom. The Morgan fingerprint density at radius 3 is 2.55 bits per heavy atom. The molecule has 1 aromatic heterocycles. The van der Waals surface area contributed by atoms with Gasteiger partial charge in [0.05, 0.1) is 26.5 Å². The van der Waals surface area contributed by atoms with Crippen LogP contribution in [0, 0.1) is 0 Å². The van der Waals surface area contributed by atoms with Gasteiger partial charge in [0.1, 0.15) is 0 Å². The molecule has 3 aromatic rings. The van der Waals surface area contributed by atoms with Gasteiger partial charge in [-0.05, 0) is 55.2 Å². The molecule has 10 nitrogen and oxygen atoms in total. The summed E-state index contributed by atoms with van der Waals surface area (Å²) < 4.78 is 49.3. The van der Waals surface area contributed by atoms with Crippen LogP contribution in [0.25, 0.3) is 0 Å². The molecule has 0 radical (unpaired) electrons. The summed E-state index contributed by atoms with van der Waals surface area (Å²) in [5.41, 5.74) is 7.15. The number of benzene rings is 2. The maximum atomic E-state index is 13.1.